The topological polar surface area (TPSA) is 4.93 Å². The van der Waals surface area contributed by atoms with Crippen LogP contribution in [0.5, 0.6) is 0 Å². The molecule has 0 aliphatic heterocycles. The van der Waals surface area contributed by atoms with Gasteiger partial charge in [0, 0.05) is 36.0 Å². The number of fused-ring (bicyclic) bond motifs is 6. The zero-order valence-corrected chi connectivity index (χ0v) is 15.9. The average molecular weight is 384 g/mol. The van der Waals surface area contributed by atoms with Crippen LogP contribution in [0, 0.1) is 0 Å². The number of nitrogens with zero attached hydrogens (tertiary/aromatic N) is 1. The minimum Gasteiger partial charge on any atom is -0.309 e. The van der Waals surface area contributed by atoms with Gasteiger partial charge in [-0.05, 0) is 36.4 Å². The SMILES string of the molecule is Clc1ccc2c(c1)sc1cccc(-n3c4ccccc4c4ccccc43)c12. The quantitative estimate of drug-likeness (QED) is 0.273. The standard InChI is InChI=1S/C24H14ClNS/c25-15-12-13-18-23(14-15)27-22-11-5-10-21(24(18)22)26-19-8-3-1-6-16(19)17-7-2-4-9-20(17)26/h1-14H. The van der Waals surface area contributed by atoms with E-state index in [0.717, 1.165) is 5.02 Å². The molecule has 0 fully saturated rings. The van der Waals surface area contributed by atoms with Crippen LogP contribution in [0.25, 0.3) is 47.7 Å². The first-order valence-corrected chi connectivity index (χ1v) is 10.1. The van der Waals surface area contributed by atoms with Crippen molar-refractivity contribution >= 4 is 64.9 Å². The van der Waals surface area contributed by atoms with E-state index in [9.17, 15) is 0 Å². The van der Waals surface area contributed by atoms with Gasteiger partial charge in [-0.1, -0.05) is 60.1 Å². The minimum absolute atomic E-state index is 0.785. The lowest BCUT2D eigenvalue weighted by Gasteiger charge is -2.10. The molecule has 1 nitrogen and oxygen atoms in total. The van der Waals surface area contributed by atoms with Gasteiger partial charge in [-0.2, -0.15) is 0 Å². The summed E-state index contributed by atoms with van der Waals surface area (Å²) < 4.78 is 4.91. The van der Waals surface area contributed by atoms with Gasteiger partial charge in [0.15, 0.2) is 0 Å². The van der Waals surface area contributed by atoms with Crippen LogP contribution >= 0.6 is 22.9 Å². The Balaban J connectivity index is 1.85. The molecule has 6 rings (SSSR count). The van der Waals surface area contributed by atoms with E-state index < -0.39 is 0 Å². The molecule has 0 spiro atoms. The number of para-hydroxylation sites is 2. The summed E-state index contributed by atoms with van der Waals surface area (Å²) in [5.74, 6) is 0. The van der Waals surface area contributed by atoms with Crippen LogP contribution in [-0.2, 0) is 0 Å². The van der Waals surface area contributed by atoms with Crippen molar-refractivity contribution in [3.63, 3.8) is 0 Å². The van der Waals surface area contributed by atoms with Crippen LogP contribution in [-0.4, -0.2) is 4.57 Å². The highest BCUT2D eigenvalue weighted by molar-refractivity contribution is 7.26. The van der Waals surface area contributed by atoms with Gasteiger partial charge in [-0.15, -0.1) is 11.3 Å². The van der Waals surface area contributed by atoms with E-state index in [4.69, 9.17) is 11.6 Å². The number of hydrogen-bond acceptors (Lipinski definition) is 1. The molecule has 0 N–H and O–H groups in total. The van der Waals surface area contributed by atoms with Gasteiger partial charge in [0.25, 0.3) is 0 Å². The van der Waals surface area contributed by atoms with Crippen molar-refractivity contribution in [2.45, 2.75) is 0 Å². The van der Waals surface area contributed by atoms with Crippen molar-refractivity contribution < 1.29 is 0 Å². The van der Waals surface area contributed by atoms with Crippen molar-refractivity contribution in [2.24, 2.45) is 0 Å². The van der Waals surface area contributed by atoms with Gasteiger partial charge < -0.3 is 4.57 Å². The van der Waals surface area contributed by atoms with Gasteiger partial charge in [0.05, 0.1) is 16.7 Å². The summed E-state index contributed by atoms with van der Waals surface area (Å²) in [4.78, 5) is 0. The first-order valence-electron chi connectivity index (χ1n) is 8.90. The van der Waals surface area contributed by atoms with Crippen molar-refractivity contribution in [3.8, 4) is 5.69 Å². The summed E-state index contributed by atoms with van der Waals surface area (Å²) >= 11 is 8.04. The van der Waals surface area contributed by atoms with E-state index in [1.54, 1.807) is 11.3 Å². The van der Waals surface area contributed by atoms with Crippen LogP contribution in [0.4, 0.5) is 0 Å². The van der Waals surface area contributed by atoms with E-state index in [2.05, 4.69) is 83.4 Å². The lowest BCUT2D eigenvalue weighted by atomic mass is 10.1. The lowest BCUT2D eigenvalue weighted by Crippen LogP contribution is -1.94. The number of benzene rings is 4. The molecule has 3 heteroatoms. The van der Waals surface area contributed by atoms with Crippen molar-refractivity contribution in [1.82, 2.24) is 4.57 Å². The number of halogens is 1. The average Bonchev–Trinajstić information content (AvgIpc) is 3.23. The third kappa shape index (κ3) is 2.11. The Morgan fingerprint density at radius 1 is 0.630 bits per heavy atom. The predicted molar refractivity (Wildman–Crippen MR) is 119 cm³/mol. The summed E-state index contributed by atoms with van der Waals surface area (Å²) in [7, 11) is 0. The number of rotatable bonds is 1. The van der Waals surface area contributed by atoms with E-state index in [0.29, 0.717) is 0 Å². The molecule has 128 valence electrons. The maximum atomic E-state index is 6.24. The molecule has 0 saturated heterocycles. The summed E-state index contributed by atoms with van der Waals surface area (Å²) in [6, 6.07) is 30.1. The molecule has 4 aromatic carbocycles. The summed E-state index contributed by atoms with van der Waals surface area (Å²) in [5, 5.41) is 5.91. The fourth-order valence-electron chi connectivity index (χ4n) is 4.15. The second kappa shape index (κ2) is 5.59. The molecule has 6 aromatic rings. The van der Waals surface area contributed by atoms with E-state index in [-0.39, 0.29) is 0 Å². The number of aromatic nitrogens is 1. The molecular formula is C24H14ClNS. The minimum atomic E-state index is 0.785. The monoisotopic (exact) mass is 383 g/mol. The first-order chi connectivity index (χ1) is 13.3. The zero-order chi connectivity index (χ0) is 18.0. The number of thiophene rings is 1. The Hall–Kier alpha value is -2.81. The Morgan fingerprint density at radius 2 is 1.33 bits per heavy atom. The van der Waals surface area contributed by atoms with Crippen LogP contribution < -0.4 is 0 Å². The van der Waals surface area contributed by atoms with Crippen molar-refractivity contribution in [2.75, 3.05) is 0 Å². The van der Waals surface area contributed by atoms with E-state index in [1.807, 2.05) is 6.07 Å². The molecule has 2 aromatic heterocycles. The molecule has 0 aliphatic carbocycles. The molecule has 0 bridgehead atoms. The molecule has 0 unspecified atom stereocenters. The van der Waals surface area contributed by atoms with E-state index in [1.165, 1.54) is 47.7 Å². The van der Waals surface area contributed by atoms with Gasteiger partial charge in [0.2, 0.25) is 0 Å². The normalized spacial score (nSPS) is 11.9. The molecule has 0 amide bonds. The highest BCUT2D eigenvalue weighted by Gasteiger charge is 2.16. The van der Waals surface area contributed by atoms with Gasteiger partial charge in [0.1, 0.15) is 0 Å². The van der Waals surface area contributed by atoms with Crippen LogP contribution in [0.2, 0.25) is 5.02 Å². The Kier molecular flexibility index (Phi) is 3.16. The Morgan fingerprint density at radius 3 is 2.07 bits per heavy atom. The van der Waals surface area contributed by atoms with Gasteiger partial charge in [-0.25, -0.2) is 0 Å². The van der Waals surface area contributed by atoms with E-state index >= 15 is 0 Å². The summed E-state index contributed by atoms with van der Waals surface area (Å²) in [5.41, 5.74) is 3.69. The molecule has 0 saturated carbocycles. The molecule has 27 heavy (non-hydrogen) atoms. The van der Waals surface area contributed by atoms with Crippen molar-refractivity contribution in [3.05, 3.63) is 90.0 Å². The molecule has 0 atom stereocenters. The van der Waals surface area contributed by atoms with Crippen molar-refractivity contribution in [1.29, 1.82) is 0 Å². The third-order valence-electron chi connectivity index (χ3n) is 5.26. The number of hydrogen-bond donors (Lipinski definition) is 0. The second-order valence-electron chi connectivity index (χ2n) is 6.76. The maximum absolute atomic E-state index is 6.24. The highest BCUT2D eigenvalue weighted by Crippen LogP contribution is 2.41. The lowest BCUT2D eigenvalue weighted by molar-refractivity contribution is 1.20. The van der Waals surface area contributed by atoms with Gasteiger partial charge >= 0.3 is 0 Å². The predicted octanol–water partition coefficient (Wildman–Crippen LogP) is 7.81. The maximum Gasteiger partial charge on any atom is 0.0555 e. The molecule has 0 radical (unpaired) electrons. The zero-order valence-electron chi connectivity index (χ0n) is 14.3. The second-order valence-corrected chi connectivity index (χ2v) is 8.28. The first kappa shape index (κ1) is 15.3. The Bertz CT molecular complexity index is 1440. The largest absolute Gasteiger partial charge is 0.309 e. The third-order valence-corrected chi connectivity index (χ3v) is 6.61. The van der Waals surface area contributed by atoms with Crippen LogP contribution in [0.15, 0.2) is 84.9 Å². The van der Waals surface area contributed by atoms with Gasteiger partial charge in [-0.3, -0.25) is 0 Å². The smallest absolute Gasteiger partial charge is 0.0555 e. The molecular weight excluding hydrogens is 370 g/mol. The fraction of sp³-hybridized carbons (Fsp3) is 0. The fourth-order valence-corrected chi connectivity index (χ4v) is 5.55. The Labute approximate surface area is 165 Å². The summed E-state index contributed by atoms with van der Waals surface area (Å²) in [6.07, 6.45) is 0. The van der Waals surface area contributed by atoms with Crippen LogP contribution in [0.3, 0.4) is 0 Å². The molecule has 0 aliphatic rings. The van der Waals surface area contributed by atoms with Crippen LogP contribution in [0.1, 0.15) is 0 Å². The summed E-state index contributed by atoms with van der Waals surface area (Å²) in [6.45, 7) is 0. The molecule has 2 heterocycles. The highest BCUT2D eigenvalue weighted by atomic mass is 35.5.